The van der Waals surface area contributed by atoms with E-state index in [-0.39, 0.29) is 2.74 Å². The number of thioether (sulfide) groups is 5. The van der Waals surface area contributed by atoms with Gasteiger partial charge in [0.05, 0.1) is 32.4 Å². The largest absolute Gasteiger partial charge is 0.491 e. The van der Waals surface area contributed by atoms with E-state index in [4.69, 9.17) is 21.7 Å². The molecule has 2 aromatic carbocycles. The molecule has 0 N–H and O–H groups in total. The standard InChI is InChI=1S/C20H16O2S8/c1-3-21-13-15-16(27-19(23)26-15)14(22-4-2)18-17(13)29-20(30-18)25-8-10-5-11-9(7-24-11)6-12(10)28-20/h5-6H,3-4,7-8H2,1-2H3. The van der Waals surface area contributed by atoms with Crippen molar-refractivity contribution in [1.29, 1.82) is 0 Å². The van der Waals surface area contributed by atoms with Crippen LogP contribution in [0.4, 0.5) is 0 Å². The predicted molar refractivity (Wildman–Crippen MR) is 140 cm³/mol. The van der Waals surface area contributed by atoms with Crippen LogP contribution in [0.3, 0.4) is 0 Å². The Morgan fingerprint density at radius 1 is 0.867 bits per heavy atom. The van der Waals surface area contributed by atoms with Gasteiger partial charge in [-0.15, -0.1) is 46.2 Å². The molecule has 3 aliphatic heterocycles. The third-order valence-electron chi connectivity index (χ3n) is 4.91. The van der Waals surface area contributed by atoms with Crippen LogP contribution >= 0.6 is 93.7 Å². The molecule has 4 heterocycles. The Kier molecular flexibility index (Phi) is 5.55. The summed E-state index contributed by atoms with van der Waals surface area (Å²) in [5, 5.41) is 0. The first kappa shape index (κ1) is 20.9. The third-order valence-corrected chi connectivity index (χ3v) is 15.5. The van der Waals surface area contributed by atoms with E-state index in [1.54, 1.807) is 22.7 Å². The summed E-state index contributed by atoms with van der Waals surface area (Å²) in [6.45, 7) is 5.41. The van der Waals surface area contributed by atoms with Crippen molar-refractivity contribution in [3.63, 3.8) is 0 Å². The maximum atomic E-state index is 6.22. The normalized spacial score (nSPS) is 18.1. The number of ether oxygens (including phenoxy) is 2. The van der Waals surface area contributed by atoms with Crippen LogP contribution < -0.4 is 9.47 Å². The molecule has 30 heavy (non-hydrogen) atoms. The number of fused-ring (bicyclic) bond motifs is 4. The molecule has 0 bridgehead atoms. The molecule has 2 nitrogen and oxygen atoms in total. The van der Waals surface area contributed by atoms with Gasteiger partial charge in [-0.05, 0) is 37.1 Å². The van der Waals surface area contributed by atoms with Crippen LogP contribution in [0.25, 0.3) is 9.40 Å². The van der Waals surface area contributed by atoms with Crippen molar-refractivity contribution >= 4 is 103 Å². The molecule has 156 valence electrons. The molecule has 0 saturated heterocycles. The molecule has 0 radical (unpaired) electrons. The predicted octanol–water partition coefficient (Wildman–Crippen LogP) is 8.94. The van der Waals surface area contributed by atoms with E-state index in [0.717, 1.165) is 35.5 Å². The summed E-state index contributed by atoms with van der Waals surface area (Å²) in [5.74, 6) is 4.19. The number of rotatable bonds is 4. The van der Waals surface area contributed by atoms with Gasteiger partial charge in [-0.2, -0.15) is 0 Å². The summed E-state index contributed by atoms with van der Waals surface area (Å²) < 4.78 is 15.6. The highest BCUT2D eigenvalue weighted by molar-refractivity contribution is 8.49. The van der Waals surface area contributed by atoms with Crippen LogP contribution in [0, 0.1) is 3.14 Å². The third kappa shape index (κ3) is 3.28. The van der Waals surface area contributed by atoms with Gasteiger partial charge in [0.2, 0.25) is 0 Å². The second-order valence-corrected chi connectivity index (χ2v) is 17.4. The minimum absolute atomic E-state index is 0.0386. The van der Waals surface area contributed by atoms with Crippen molar-refractivity contribution in [2.75, 3.05) is 13.2 Å². The zero-order valence-corrected chi connectivity index (χ0v) is 22.6. The van der Waals surface area contributed by atoms with Gasteiger partial charge in [0.15, 0.2) is 14.2 Å². The molecule has 0 aliphatic carbocycles. The average molecular weight is 545 g/mol. The lowest BCUT2D eigenvalue weighted by atomic mass is 10.1. The van der Waals surface area contributed by atoms with Crippen molar-refractivity contribution in [3.8, 4) is 11.5 Å². The van der Waals surface area contributed by atoms with Crippen molar-refractivity contribution in [2.45, 2.75) is 47.7 Å². The van der Waals surface area contributed by atoms with E-state index in [9.17, 15) is 0 Å². The molecule has 0 amide bonds. The molecular formula is C20H16O2S8. The molecule has 3 aromatic rings. The van der Waals surface area contributed by atoms with Crippen molar-refractivity contribution in [3.05, 3.63) is 26.4 Å². The topological polar surface area (TPSA) is 18.5 Å². The Bertz CT molecular complexity index is 1190. The highest BCUT2D eigenvalue weighted by atomic mass is 32.3. The highest BCUT2D eigenvalue weighted by Gasteiger charge is 2.48. The maximum absolute atomic E-state index is 6.22. The quantitative estimate of drug-likeness (QED) is 0.299. The lowest BCUT2D eigenvalue weighted by Crippen LogP contribution is -2.13. The zero-order valence-electron chi connectivity index (χ0n) is 16.1. The van der Waals surface area contributed by atoms with Gasteiger partial charge in [-0.1, -0.05) is 47.5 Å². The Hall–Kier alpha value is 0.320. The SMILES string of the molecule is CCOc1c2c(c(OCC)c3sc(=S)sc13)SC1(SCc3cc4c(cc3S1)CS4)S2. The molecule has 10 heteroatoms. The summed E-state index contributed by atoms with van der Waals surface area (Å²) in [6, 6.07) is 4.83. The Morgan fingerprint density at radius 3 is 2.03 bits per heavy atom. The lowest BCUT2D eigenvalue weighted by molar-refractivity contribution is 0.323. The van der Waals surface area contributed by atoms with Gasteiger partial charge in [-0.25, -0.2) is 0 Å². The molecule has 6 rings (SSSR count). The molecular weight excluding hydrogens is 529 g/mol. The van der Waals surface area contributed by atoms with E-state index in [2.05, 4.69) is 26.0 Å². The van der Waals surface area contributed by atoms with Gasteiger partial charge in [0, 0.05) is 21.3 Å². The van der Waals surface area contributed by atoms with Crippen LogP contribution in [0.5, 0.6) is 11.5 Å². The van der Waals surface area contributed by atoms with Gasteiger partial charge in [0.25, 0.3) is 0 Å². The molecule has 0 unspecified atom stereocenters. The van der Waals surface area contributed by atoms with Crippen LogP contribution in [0.1, 0.15) is 25.0 Å². The molecule has 0 atom stereocenters. The van der Waals surface area contributed by atoms with Crippen molar-refractivity contribution < 1.29 is 9.47 Å². The van der Waals surface area contributed by atoms with Crippen LogP contribution in [-0.4, -0.2) is 16.0 Å². The van der Waals surface area contributed by atoms with E-state index in [0.29, 0.717) is 13.2 Å². The summed E-state index contributed by atoms with van der Waals surface area (Å²) >= 11 is 18.7. The van der Waals surface area contributed by atoms with Gasteiger partial charge in [0.1, 0.15) is 3.14 Å². The molecule has 1 spiro atoms. The summed E-state index contributed by atoms with van der Waals surface area (Å²) in [7, 11) is 0. The maximum Gasteiger partial charge on any atom is 0.167 e. The second kappa shape index (κ2) is 7.97. The number of hydrogen-bond acceptors (Lipinski definition) is 10. The molecule has 0 fully saturated rings. The molecule has 1 aromatic heterocycles. The monoisotopic (exact) mass is 544 g/mol. The van der Waals surface area contributed by atoms with Crippen molar-refractivity contribution in [1.82, 2.24) is 0 Å². The Labute approximate surface area is 209 Å². The van der Waals surface area contributed by atoms with E-state index >= 15 is 0 Å². The summed E-state index contributed by atoms with van der Waals surface area (Å²) in [6.07, 6.45) is 0. The van der Waals surface area contributed by atoms with E-state index < -0.39 is 0 Å². The number of hydrogen-bond donors (Lipinski definition) is 0. The second-order valence-electron chi connectivity index (χ2n) is 6.75. The Morgan fingerprint density at radius 2 is 1.47 bits per heavy atom. The molecule has 0 saturated carbocycles. The van der Waals surface area contributed by atoms with Crippen LogP contribution in [0.15, 0.2) is 31.7 Å². The highest BCUT2D eigenvalue weighted by Crippen LogP contribution is 2.74. The van der Waals surface area contributed by atoms with Gasteiger partial charge < -0.3 is 9.47 Å². The smallest absolute Gasteiger partial charge is 0.167 e. The first-order valence-electron chi connectivity index (χ1n) is 9.49. The minimum atomic E-state index is -0.0386. The van der Waals surface area contributed by atoms with Gasteiger partial charge in [-0.3, -0.25) is 0 Å². The Balaban J connectivity index is 1.48. The first-order chi connectivity index (χ1) is 14.6. The van der Waals surface area contributed by atoms with Crippen molar-refractivity contribution in [2.24, 2.45) is 0 Å². The summed E-state index contributed by atoms with van der Waals surface area (Å²) in [4.78, 5) is 5.36. The van der Waals surface area contributed by atoms with Gasteiger partial charge >= 0.3 is 0 Å². The fourth-order valence-corrected chi connectivity index (χ4v) is 14.3. The van der Waals surface area contributed by atoms with E-state index in [1.807, 2.05) is 58.8 Å². The average Bonchev–Trinajstić information content (AvgIpc) is 3.27. The number of benzene rings is 2. The first-order valence-corrected chi connectivity index (χ1v) is 16.0. The lowest BCUT2D eigenvalue weighted by Gasteiger charge is -2.33. The zero-order chi connectivity index (χ0) is 20.5. The summed E-state index contributed by atoms with van der Waals surface area (Å²) in [5.41, 5.74) is 2.98. The minimum Gasteiger partial charge on any atom is -0.491 e. The van der Waals surface area contributed by atoms with E-state index in [1.165, 1.54) is 30.7 Å². The fraction of sp³-hybridized carbons (Fsp3) is 0.350. The van der Waals surface area contributed by atoms with Crippen LogP contribution in [-0.2, 0) is 11.5 Å². The fourth-order valence-electron chi connectivity index (χ4n) is 3.60. The molecule has 3 aliphatic rings. The van der Waals surface area contributed by atoms with Crippen LogP contribution in [0.2, 0.25) is 0 Å².